The number of carboxylic acids is 1. The van der Waals surface area contributed by atoms with E-state index in [1.54, 1.807) is 17.0 Å². The minimum atomic E-state index is -2.97. The number of allylic oxidation sites excluding steroid dienone is 2. The highest BCUT2D eigenvalue weighted by Crippen LogP contribution is 2.57. The van der Waals surface area contributed by atoms with Crippen LogP contribution in [0.4, 0.5) is 0 Å². The highest BCUT2D eigenvalue weighted by molar-refractivity contribution is 7.91. The van der Waals surface area contributed by atoms with Crippen LogP contribution in [-0.2, 0) is 24.2 Å². The molecule has 0 aromatic heterocycles. The summed E-state index contributed by atoms with van der Waals surface area (Å²) in [6.45, 7) is 9.63. The van der Waals surface area contributed by atoms with Gasteiger partial charge in [0.05, 0.1) is 17.1 Å². The van der Waals surface area contributed by atoms with Crippen LogP contribution in [0.1, 0.15) is 62.4 Å². The topological polar surface area (TPSA) is 144 Å². The molecule has 4 aliphatic rings. The van der Waals surface area contributed by atoms with Crippen molar-refractivity contribution in [1.82, 2.24) is 20.0 Å². The number of nitrogens with one attached hydrogen (secondary N) is 1. The van der Waals surface area contributed by atoms with Gasteiger partial charge >= 0.3 is 17.8 Å². The maximum Gasteiger partial charge on any atom is 0.335 e. The van der Waals surface area contributed by atoms with Crippen LogP contribution in [0.3, 0.4) is 0 Å². The standard InChI is InChI=1S/C32H44N4O7S/c1-31(2)24(22-6-8-23(9-7-22)30(40)41)10-12-32(3)21-35(15-11-26(31)32)28(38)29(39)36-14-4-5-25(36)27(37)33-13-16-34-17-19-44(42,43)20-18-34/h6-10,25-26H,4-5,11-21H2,1-3H3,(H,33,37)(H,40,41)/t25-,26-,32+/m0/s1. The van der Waals surface area contributed by atoms with Gasteiger partial charge in [0.25, 0.3) is 0 Å². The van der Waals surface area contributed by atoms with E-state index in [9.17, 15) is 32.7 Å². The molecule has 3 aliphatic heterocycles. The van der Waals surface area contributed by atoms with Crippen LogP contribution >= 0.6 is 0 Å². The molecule has 5 rings (SSSR count). The van der Waals surface area contributed by atoms with E-state index in [4.69, 9.17) is 0 Å². The first-order chi connectivity index (χ1) is 20.7. The highest BCUT2D eigenvalue weighted by atomic mass is 32.2. The number of hydrogen-bond donors (Lipinski definition) is 2. The number of piperidine rings is 1. The molecule has 3 fully saturated rings. The second kappa shape index (κ2) is 12.3. The van der Waals surface area contributed by atoms with E-state index >= 15 is 0 Å². The zero-order chi connectivity index (χ0) is 31.9. The number of amides is 3. The summed E-state index contributed by atoms with van der Waals surface area (Å²) >= 11 is 0. The highest BCUT2D eigenvalue weighted by Gasteiger charge is 2.52. The Morgan fingerprint density at radius 3 is 2.30 bits per heavy atom. The number of benzene rings is 1. The fraction of sp³-hybridized carbons (Fsp3) is 0.625. The molecule has 0 spiro atoms. The van der Waals surface area contributed by atoms with Gasteiger partial charge in [0.15, 0.2) is 9.84 Å². The molecule has 44 heavy (non-hydrogen) atoms. The predicted molar refractivity (Wildman–Crippen MR) is 165 cm³/mol. The molecule has 3 heterocycles. The number of nitrogens with zero attached hydrogens (tertiary/aromatic N) is 3. The van der Waals surface area contributed by atoms with E-state index in [0.29, 0.717) is 58.7 Å². The van der Waals surface area contributed by atoms with Gasteiger partial charge in [-0.05, 0) is 65.7 Å². The fourth-order valence-corrected chi connectivity index (χ4v) is 9.19. The lowest BCUT2D eigenvalue weighted by Gasteiger charge is -2.55. The van der Waals surface area contributed by atoms with Gasteiger partial charge < -0.3 is 20.2 Å². The van der Waals surface area contributed by atoms with Crippen molar-refractivity contribution in [3.05, 3.63) is 41.5 Å². The summed E-state index contributed by atoms with van der Waals surface area (Å²) < 4.78 is 23.3. The Kier molecular flexibility index (Phi) is 8.97. The summed E-state index contributed by atoms with van der Waals surface area (Å²) in [6.07, 6.45) is 4.81. The third-order valence-electron chi connectivity index (χ3n) is 10.3. The number of aromatic carboxylic acids is 1. The van der Waals surface area contributed by atoms with E-state index in [1.807, 2.05) is 17.0 Å². The minimum absolute atomic E-state index is 0.127. The van der Waals surface area contributed by atoms with Crippen molar-refractivity contribution in [3.63, 3.8) is 0 Å². The number of fused-ring (bicyclic) bond motifs is 1. The maximum atomic E-state index is 13.6. The van der Waals surface area contributed by atoms with Crippen molar-refractivity contribution in [1.29, 1.82) is 0 Å². The van der Waals surface area contributed by atoms with E-state index in [2.05, 4.69) is 32.2 Å². The predicted octanol–water partition coefficient (Wildman–Crippen LogP) is 1.89. The van der Waals surface area contributed by atoms with Crippen LogP contribution < -0.4 is 5.32 Å². The van der Waals surface area contributed by atoms with Crippen LogP contribution in [0.2, 0.25) is 0 Å². The molecule has 0 unspecified atom stereocenters. The zero-order valence-electron chi connectivity index (χ0n) is 25.9. The zero-order valence-corrected chi connectivity index (χ0v) is 26.7. The Bertz CT molecular complexity index is 1440. The van der Waals surface area contributed by atoms with Crippen molar-refractivity contribution >= 4 is 39.1 Å². The fourth-order valence-electron chi connectivity index (χ4n) is 7.91. The third-order valence-corrected chi connectivity index (χ3v) is 11.9. The number of hydrogen-bond acceptors (Lipinski definition) is 7. The SMILES string of the molecule is CC1(C)C(c2ccc(C(=O)O)cc2)=CC[C@]2(C)CN(C(=O)C(=O)N3CCC[C@H]3C(=O)NCCN3CCS(=O)(=O)CC3)CC[C@@H]12. The van der Waals surface area contributed by atoms with Crippen LogP contribution in [-0.4, -0.2) is 115 Å². The maximum absolute atomic E-state index is 13.6. The summed E-state index contributed by atoms with van der Waals surface area (Å²) in [5.41, 5.74) is 1.95. The largest absolute Gasteiger partial charge is 0.478 e. The molecule has 0 bridgehead atoms. The van der Waals surface area contributed by atoms with Crippen molar-refractivity contribution in [3.8, 4) is 0 Å². The Morgan fingerprint density at radius 1 is 0.955 bits per heavy atom. The van der Waals surface area contributed by atoms with E-state index < -0.39 is 33.7 Å². The monoisotopic (exact) mass is 628 g/mol. The van der Waals surface area contributed by atoms with Crippen LogP contribution in [0, 0.1) is 16.7 Å². The van der Waals surface area contributed by atoms with Crippen LogP contribution in [0.5, 0.6) is 0 Å². The lowest BCUT2D eigenvalue weighted by molar-refractivity contribution is -0.157. The van der Waals surface area contributed by atoms with Crippen molar-refractivity contribution < 1.29 is 32.7 Å². The Labute approximate surface area is 259 Å². The summed E-state index contributed by atoms with van der Waals surface area (Å²) in [7, 11) is -2.97. The first-order valence-corrected chi connectivity index (χ1v) is 17.4. The lowest BCUT2D eigenvalue weighted by Crippen LogP contribution is -2.58. The first-order valence-electron chi connectivity index (χ1n) is 15.6. The molecule has 3 amide bonds. The Morgan fingerprint density at radius 2 is 1.64 bits per heavy atom. The van der Waals surface area contributed by atoms with Gasteiger partial charge in [0.1, 0.15) is 6.04 Å². The molecule has 0 saturated carbocycles. The molecule has 12 heteroatoms. The van der Waals surface area contributed by atoms with E-state index in [1.165, 1.54) is 10.5 Å². The molecule has 0 radical (unpaired) electrons. The molecule has 2 N–H and O–H groups in total. The Balaban J connectivity index is 1.19. The molecule has 1 aliphatic carbocycles. The molecule has 11 nitrogen and oxygen atoms in total. The number of sulfone groups is 1. The van der Waals surface area contributed by atoms with Gasteiger partial charge in [-0.25, -0.2) is 13.2 Å². The van der Waals surface area contributed by atoms with Crippen LogP contribution in [0.25, 0.3) is 5.57 Å². The van der Waals surface area contributed by atoms with Crippen LogP contribution in [0.15, 0.2) is 30.3 Å². The second-order valence-electron chi connectivity index (χ2n) is 13.6. The summed E-state index contributed by atoms with van der Waals surface area (Å²) in [4.78, 5) is 56.5. The molecule has 3 saturated heterocycles. The molecule has 240 valence electrons. The smallest absolute Gasteiger partial charge is 0.335 e. The van der Waals surface area contributed by atoms with Gasteiger partial charge in [-0.3, -0.25) is 19.3 Å². The average molecular weight is 629 g/mol. The van der Waals surface area contributed by atoms with Crippen molar-refractivity contribution in [2.45, 2.75) is 52.5 Å². The third kappa shape index (κ3) is 6.42. The second-order valence-corrected chi connectivity index (χ2v) is 15.9. The van der Waals surface area contributed by atoms with Crippen molar-refractivity contribution in [2.24, 2.45) is 16.7 Å². The quantitative estimate of drug-likeness (QED) is 0.455. The number of carbonyl (C=O) groups is 4. The lowest BCUT2D eigenvalue weighted by atomic mass is 9.53. The summed E-state index contributed by atoms with van der Waals surface area (Å²) in [6, 6.07) is 6.29. The number of rotatable bonds is 6. The van der Waals surface area contributed by atoms with Gasteiger partial charge in [-0.2, -0.15) is 0 Å². The normalized spacial score (nSPS) is 28.1. The summed E-state index contributed by atoms with van der Waals surface area (Å²) in [5.74, 6) is -1.92. The molecular weight excluding hydrogens is 584 g/mol. The van der Waals surface area contributed by atoms with Crippen molar-refractivity contribution in [2.75, 3.05) is 57.3 Å². The van der Waals surface area contributed by atoms with E-state index in [0.717, 1.165) is 18.4 Å². The van der Waals surface area contributed by atoms with E-state index in [-0.39, 0.29) is 39.7 Å². The number of carboxylic acid groups (broad SMARTS) is 1. The molecular formula is C32H44N4O7S. The Hall–Kier alpha value is -3.25. The minimum Gasteiger partial charge on any atom is -0.478 e. The number of carbonyl (C=O) groups excluding carboxylic acids is 3. The first kappa shape index (κ1) is 32.2. The van der Waals surface area contributed by atoms with Gasteiger partial charge in [0.2, 0.25) is 5.91 Å². The summed E-state index contributed by atoms with van der Waals surface area (Å²) in [5, 5.41) is 12.2. The number of likely N-dealkylation sites (tertiary alicyclic amines) is 2. The molecule has 1 aromatic carbocycles. The average Bonchev–Trinajstić information content (AvgIpc) is 3.47. The van der Waals surface area contributed by atoms with Gasteiger partial charge in [-0.1, -0.05) is 39.0 Å². The van der Waals surface area contributed by atoms with Gasteiger partial charge in [0, 0.05) is 45.8 Å². The molecule has 1 aromatic rings. The van der Waals surface area contributed by atoms with Gasteiger partial charge in [-0.15, -0.1) is 0 Å². The molecule has 3 atom stereocenters.